The highest BCUT2D eigenvalue weighted by Gasteiger charge is 2.43. The molecule has 0 bridgehead atoms. The molecule has 2 aliphatic rings. The minimum atomic E-state index is -0.872. The van der Waals surface area contributed by atoms with Crippen molar-refractivity contribution >= 4 is 12.0 Å². The van der Waals surface area contributed by atoms with E-state index in [0.717, 1.165) is 25.7 Å². The predicted octanol–water partition coefficient (Wildman–Crippen LogP) is 1.25. The second kappa shape index (κ2) is 5.00. The van der Waals surface area contributed by atoms with Gasteiger partial charge in [-0.15, -0.1) is 0 Å². The first kappa shape index (κ1) is 14.1. The van der Waals surface area contributed by atoms with Gasteiger partial charge in [-0.3, -0.25) is 4.79 Å². The van der Waals surface area contributed by atoms with Gasteiger partial charge in [0, 0.05) is 6.61 Å². The maximum Gasteiger partial charge on any atom is 0.315 e. The van der Waals surface area contributed by atoms with Crippen LogP contribution in [0.4, 0.5) is 4.79 Å². The zero-order valence-corrected chi connectivity index (χ0v) is 11.5. The summed E-state index contributed by atoms with van der Waals surface area (Å²) in [5.74, 6) is -0.872. The number of nitrogens with one attached hydrogen (secondary N) is 2. The molecule has 1 heterocycles. The van der Waals surface area contributed by atoms with E-state index in [0.29, 0.717) is 6.61 Å². The Labute approximate surface area is 112 Å². The summed E-state index contributed by atoms with van der Waals surface area (Å²) in [5.41, 5.74) is -0.937. The van der Waals surface area contributed by atoms with Crippen LogP contribution in [0.25, 0.3) is 0 Å². The summed E-state index contributed by atoms with van der Waals surface area (Å²) in [7, 11) is 0. The first-order valence-corrected chi connectivity index (χ1v) is 6.79. The van der Waals surface area contributed by atoms with Crippen LogP contribution in [0.3, 0.4) is 0 Å². The number of rotatable bonds is 4. The molecule has 6 heteroatoms. The lowest BCUT2D eigenvalue weighted by Gasteiger charge is -2.42. The second-order valence-corrected chi connectivity index (χ2v) is 5.96. The highest BCUT2D eigenvalue weighted by Crippen LogP contribution is 2.35. The fraction of sp³-hybridized carbons (Fsp3) is 0.846. The number of carbonyl (C=O) groups is 2. The number of ether oxygens (including phenoxy) is 1. The number of hydrogen-bond donors (Lipinski definition) is 3. The normalized spacial score (nSPS) is 32.4. The lowest BCUT2D eigenvalue weighted by Crippen LogP contribution is -2.61. The van der Waals surface area contributed by atoms with Gasteiger partial charge in [-0.2, -0.15) is 0 Å². The van der Waals surface area contributed by atoms with Crippen LogP contribution in [-0.2, 0) is 9.53 Å². The lowest BCUT2D eigenvalue weighted by atomic mass is 9.74. The Morgan fingerprint density at radius 3 is 2.42 bits per heavy atom. The van der Waals surface area contributed by atoms with Crippen LogP contribution in [0.2, 0.25) is 0 Å². The highest BCUT2D eigenvalue weighted by molar-refractivity contribution is 5.77. The van der Waals surface area contributed by atoms with Crippen LogP contribution >= 0.6 is 0 Å². The van der Waals surface area contributed by atoms with Crippen molar-refractivity contribution in [2.75, 3.05) is 6.61 Å². The van der Waals surface area contributed by atoms with E-state index in [4.69, 9.17) is 9.84 Å². The Kier molecular flexibility index (Phi) is 3.71. The third kappa shape index (κ3) is 3.00. The molecule has 1 aliphatic carbocycles. The van der Waals surface area contributed by atoms with E-state index in [1.165, 1.54) is 0 Å². The molecule has 0 spiro atoms. The van der Waals surface area contributed by atoms with Crippen LogP contribution in [0.1, 0.15) is 46.0 Å². The van der Waals surface area contributed by atoms with Gasteiger partial charge in [0.15, 0.2) is 0 Å². The Balaban J connectivity index is 1.92. The molecule has 0 aromatic heterocycles. The fourth-order valence-corrected chi connectivity index (χ4v) is 2.77. The van der Waals surface area contributed by atoms with Crippen LogP contribution in [0.15, 0.2) is 0 Å². The molecule has 2 amide bonds. The smallest absolute Gasteiger partial charge is 0.315 e. The number of urea groups is 1. The first-order chi connectivity index (χ1) is 8.85. The summed E-state index contributed by atoms with van der Waals surface area (Å²) >= 11 is 0. The molecule has 2 fully saturated rings. The van der Waals surface area contributed by atoms with Crippen LogP contribution < -0.4 is 10.6 Å². The van der Waals surface area contributed by atoms with Gasteiger partial charge in [-0.05, 0) is 39.5 Å². The predicted molar refractivity (Wildman–Crippen MR) is 68.9 cm³/mol. The molecule has 1 saturated carbocycles. The van der Waals surface area contributed by atoms with E-state index < -0.39 is 11.5 Å². The molecule has 0 radical (unpaired) electrons. The van der Waals surface area contributed by atoms with Crippen molar-refractivity contribution in [1.29, 1.82) is 0 Å². The molecule has 3 N–H and O–H groups in total. The summed E-state index contributed by atoms with van der Waals surface area (Å²) in [5, 5.41) is 14.7. The summed E-state index contributed by atoms with van der Waals surface area (Å²) in [6, 6.07) is -0.291. The zero-order chi connectivity index (χ0) is 14.1. The zero-order valence-electron chi connectivity index (χ0n) is 11.5. The van der Waals surface area contributed by atoms with Crippen molar-refractivity contribution < 1.29 is 19.4 Å². The minimum absolute atomic E-state index is 0.0107. The number of amides is 2. The second-order valence-electron chi connectivity index (χ2n) is 5.96. The molecule has 2 unspecified atom stereocenters. The number of aliphatic carboxylic acids is 1. The van der Waals surface area contributed by atoms with Gasteiger partial charge in [0.25, 0.3) is 0 Å². The monoisotopic (exact) mass is 270 g/mol. The Morgan fingerprint density at radius 2 is 2.00 bits per heavy atom. The van der Waals surface area contributed by atoms with Gasteiger partial charge in [0.1, 0.15) is 0 Å². The first-order valence-electron chi connectivity index (χ1n) is 6.79. The Morgan fingerprint density at radius 1 is 1.32 bits per heavy atom. The molecule has 2 rings (SSSR count). The molecule has 0 aromatic rings. The summed E-state index contributed by atoms with van der Waals surface area (Å²) in [4.78, 5) is 22.9. The number of carboxylic acids is 1. The summed E-state index contributed by atoms with van der Waals surface area (Å²) in [6.45, 7) is 4.52. The van der Waals surface area contributed by atoms with Gasteiger partial charge in [-0.1, -0.05) is 0 Å². The topological polar surface area (TPSA) is 87.7 Å². The Bertz CT molecular complexity index is 381. The minimum Gasteiger partial charge on any atom is -0.481 e. The van der Waals surface area contributed by atoms with Crippen molar-refractivity contribution in [2.24, 2.45) is 0 Å². The third-order valence-electron chi connectivity index (χ3n) is 4.46. The van der Waals surface area contributed by atoms with E-state index in [1.807, 2.05) is 13.8 Å². The lowest BCUT2D eigenvalue weighted by molar-refractivity contribution is -0.139. The average Bonchev–Trinajstić information content (AvgIpc) is 2.54. The average molecular weight is 270 g/mol. The van der Waals surface area contributed by atoms with E-state index in [2.05, 4.69) is 10.6 Å². The molecular formula is C13H22N2O4. The van der Waals surface area contributed by atoms with Crippen molar-refractivity contribution in [3.05, 3.63) is 0 Å². The number of carbonyl (C=O) groups excluding carboxylic acids is 1. The molecule has 19 heavy (non-hydrogen) atoms. The van der Waals surface area contributed by atoms with Crippen LogP contribution in [0, 0.1) is 0 Å². The van der Waals surface area contributed by atoms with Crippen LogP contribution in [-0.4, -0.2) is 40.9 Å². The highest BCUT2D eigenvalue weighted by atomic mass is 16.5. The molecule has 1 saturated heterocycles. The standard InChI is InChI=1S/C13H22N2O4/c1-9-12(2,6-7-19-9)14-11(18)15-13(4-3-5-13)8-10(16)17/h9H,3-8H2,1-2H3,(H,16,17)(H2,14,15,18). The van der Waals surface area contributed by atoms with Gasteiger partial charge < -0.3 is 20.5 Å². The number of hydrogen-bond acceptors (Lipinski definition) is 3. The van der Waals surface area contributed by atoms with Crippen molar-refractivity contribution in [3.63, 3.8) is 0 Å². The van der Waals surface area contributed by atoms with E-state index in [-0.39, 0.29) is 24.1 Å². The number of carboxylic acid groups (broad SMARTS) is 1. The van der Waals surface area contributed by atoms with Crippen LogP contribution in [0.5, 0.6) is 0 Å². The van der Waals surface area contributed by atoms with E-state index >= 15 is 0 Å². The maximum absolute atomic E-state index is 12.1. The summed E-state index contributed by atoms with van der Waals surface area (Å²) < 4.78 is 5.47. The maximum atomic E-state index is 12.1. The largest absolute Gasteiger partial charge is 0.481 e. The molecule has 0 aromatic carbocycles. The van der Waals surface area contributed by atoms with E-state index in [9.17, 15) is 9.59 Å². The van der Waals surface area contributed by atoms with Gasteiger partial charge in [-0.25, -0.2) is 4.79 Å². The van der Waals surface area contributed by atoms with Crippen molar-refractivity contribution in [2.45, 2.75) is 63.1 Å². The SMILES string of the molecule is CC1OCCC1(C)NC(=O)NC1(CC(=O)O)CCC1. The molecule has 108 valence electrons. The van der Waals surface area contributed by atoms with Gasteiger partial charge in [0.2, 0.25) is 0 Å². The van der Waals surface area contributed by atoms with Crippen molar-refractivity contribution in [3.8, 4) is 0 Å². The van der Waals surface area contributed by atoms with E-state index in [1.54, 1.807) is 0 Å². The Hall–Kier alpha value is -1.30. The molecule has 6 nitrogen and oxygen atoms in total. The molecular weight excluding hydrogens is 248 g/mol. The summed E-state index contributed by atoms with van der Waals surface area (Å²) in [6.07, 6.45) is 3.15. The molecule has 2 atom stereocenters. The van der Waals surface area contributed by atoms with Gasteiger partial charge in [0.05, 0.1) is 23.6 Å². The molecule has 1 aliphatic heterocycles. The van der Waals surface area contributed by atoms with Crippen molar-refractivity contribution in [1.82, 2.24) is 10.6 Å². The third-order valence-corrected chi connectivity index (χ3v) is 4.46. The fourth-order valence-electron chi connectivity index (χ4n) is 2.77. The quantitative estimate of drug-likeness (QED) is 0.717. The van der Waals surface area contributed by atoms with Gasteiger partial charge >= 0.3 is 12.0 Å².